The zero-order valence-electron chi connectivity index (χ0n) is 13.4. The number of nitrogens with zero attached hydrogens (tertiary/aromatic N) is 4. The number of rotatable bonds is 8. The van der Waals surface area contributed by atoms with Crippen molar-refractivity contribution in [2.75, 3.05) is 20.3 Å². The Morgan fingerprint density at radius 2 is 2.14 bits per heavy atom. The van der Waals surface area contributed by atoms with Crippen LogP contribution in [0.2, 0.25) is 0 Å². The molecule has 6 heteroatoms. The van der Waals surface area contributed by atoms with Crippen molar-refractivity contribution in [3.8, 4) is 0 Å². The van der Waals surface area contributed by atoms with Crippen LogP contribution in [-0.4, -0.2) is 44.9 Å². The molecule has 0 fully saturated rings. The van der Waals surface area contributed by atoms with Crippen LogP contribution in [-0.2, 0) is 24.4 Å². The van der Waals surface area contributed by atoms with E-state index in [0.717, 1.165) is 37.6 Å². The molecule has 0 saturated heterocycles. The Morgan fingerprint density at radius 1 is 1.33 bits per heavy atom. The zero-order valence-corrected chi connectivity index (χ0v) is 13.4. The van der Waals surface area contributed by atoms with Crippen LogP contribution in [0, 0.1) is 13.8 Å². The Balaban J connectivity index is 2.12. The van der Waals surface area contributed by atoms with Gasteiger partial charge in [0.25, 0.3) is 0 Å². The van der Waals surface area contributed by atoms with Crippen molar-refractivity contribution in [3.63, 3.8) is 0 Å². The number of hydrogen-bond acceptors (Lipinski definition) is 4. The van der Waals surface area contributed by atoms with E-state index >= 15 is 0 Å². The first-order valence-corrected chi connectivity index (χ1v) is 7.37. The summed E-state index contributed by atoms with van der Waals surface area (Å²) in [5.41, 5.74) is 4.79. The maximum absolute atomic E-state index is 5.23. The van der Waals surface area contributed by atoms with E-state index in [1.54, 1.807) is 13.4 Å². The Morgan fingerprint density at radius 3 is 2.71 bits per heavy atom. The SMILES string of the molecule is CCn1nc(C)c(CN(CCOC)Cc2cnc[nH]2)c1C. The number of aromatic amines is 1. The molecule has 0 bridgehead atoms. The van der Waals surface area contributed by atoms with Gasteiger partial charge in [-0.2, -0.15) is 5.10 Å². The van der Waals surface area contributed by atoms with E-state index in [0.29, 0.717) is 6.61 Å². The van der Waals surface area contributed by atoms with Crippen molar-refractivity contribution in [2.45, 2.75) is 40.4 Å². The van der Waals surface area contributed by atoms with Gasteiger partial charge in [-0.1, -0.05) is 0 Å². The Hall–Kier alpha value is -1.66. The monoisotopic (exact) mass is 291 g/mol. The number of hydrogen-bond donors (Lipinski definition) is 1. The first-order valence-electron chi connectivity index (χ1n) is 7.37. The molecule has 2 rings (SSSR count). The Labute approximate surface area is 126 Å². The first kappa shape index (κ1) is 15.7. The summed E-state index contributed by atoms with van der Waals surface area (Å²) in [6, 6.07) is 0. The van der Waals surface area contributed by atoms with Crippen molar-refractivity contribution >= 4 is 0 Å². The van der Waals surface area contributed by atoms with Crippen LogP contribution in [0.3, 0.4) is 0 Å². The van der Waals surface area contributed by atoms with E-state index in [9.17, 15) is 0 Å². The fourth-order valence-corrected chi connectivity index (χ4v) is 2.54. The molecule has 0 amide bonds. The second-order valence-corrected chi connectivity index (χ2v) is 5.25. The lowest BCUT2D eigenvalue weighted by atomic mass is 10.2. The smallest absolute Gasteiger partial charge is 0.0922 e. The molecular formula is C15H25N5O. The minimum Gasteiger partial charge on any atom is -0.383 e. The number of nitrogens with one attached hydrogen (secondary N) is 1. The van der Waals surface area contributed by atoms with E-state index < -0.39 is 0 Å². The van der Waals surface area contributed by atoms with Gasteiger partial charge < -0.3 is 9.72 Å². The average molecular weight is 291 g/mol. The summed E-state index contributed by atoms with van der Waals surface area (Å²) in [7, 11) is 1.74. The third kappa shape index (κ3) is 3.92. The fourth-order valence-electron chi connectivity index (χ4n) is 2.54. The van der Waals surface area contributed by atoms with Gasteiger partial charge in [0.1, 0.15) is 0 Å². The van der Waals surface area contributed by atoms with E-state index in [4.69, 9.17) is 4.74 Å². The highest BCUT2D eigenvalue weighted by atomic mass is 16.5. The van der Waals surface area contributed by atoms with E-state index in [2.05, 4.69) is 45.4 Å². The average Bonchev–Trinajstić information content (AvgIpc) is 3.07. The highest BCUT2D eigenvalue weighted by Crippen LogP contribution is 2.16. The highest BCUT2D eigenvalue weighted by Gasteiger charge is 2.15. The van der Waals surface area contributed by atoms with Gasteiger partial charge in [-0.3, -0.25) is 9.58 Å². The molecule has 116 valence electrons. The zero-order chi connectivity index (χ0) is 15.2. The molecule has 0 atom stereocenters. The molecule has 21 heavy (non-hydrogen) atoms. The highest BCUT2D eigenvalue weighted by molar-refractivity contribution is 5.24. The predicted molar refractivity (Wildman–Crippen MR) is 82.0 cm³/mol. The summed E-state index contributed by atoms with van der Waals surface area (Å²) in [6.45, 7) is 10.6. The molecule has 0 radical (unpaired) electrons. The van der Waals surface area contributed by atoms with Crippen molar-refractivity contribution in [1.82, 2.24) is 24.6 Å². The van der Waals surface area contributed by atoms with Crippen molar-refractivity contribution in [1.29, 1.82) is 0 Å². The minimum atomic E-state index is 0.716. The second kappa shape index (κ2) is 7.38. The number of imidazole rings is 1. The molecule has 0 unspecified atom stereocenters. The number of aryl methyl sites for hydroxylation is 2. The second-order valence-electron chi connectivity index (χ2n) is 5.25. The van der Waals surface area contributed by atoms with Gasteiger partial charge in [-0.25, -0.2) is 4.98 Å². The third-order valence-corrected chi connectivity index (χ3v) is 3.77. The maximum atomic E-state index is 5.23. The van der Waals surface area contributed by atoms with Gasteiger partial charge in [-0.05, 0) is 20.8 Å². The summed E-state index contributed by atoms with van der Waals surface area (Å²) < 4.78 is 7.29. The topological polar surface area (TPSA) is 59.0 Å². The van der Waals surface area contributed by atoms with Gasteiger partial charge in [0.15, 0.2) is 0 Å². The Bertz CT molecular complexity index is 547. The van der Waals surface area contributed by atoms with Gasteiger partial charge in [0.2, 0.25) is 0 Å². The summed E-state index contributed by atoms with van der Waals surface area (Å²) in [5, 5.41) is 4.60. The molecule has 2 aromatic heterocycles. The van der Waals surface area contributed by atoms with Crippen molar-refractivity contribution in [2.24, 2.45) is 0 Å². The standard InChI is InChI=1S/C15H25N5O/c1-5-20-13(3)15(12(2)18-20)10-19(6-7-21-4)9-14-8-16-11-17-14/h8,11H,5-7,9-10H2,1-4H3,(H,16,17). The van der Waals surface area contributed by atoms with Crippen molar-refractivity contribution < 1.29 is 4.74 Å². The molecule has 0 saturated carbocycles. The van der Waals surface area contributed by atoms with Crippen LogP contribution in [0.15, 0.2) is 12.5 Å². The summed E-state index contributed by atoms with van der Waals surface area (Å²) in [6.07, 6.45) is 3.59. The lowest BCUT2D eigenvalue weighted by Crippen LogP contribution is -2.27. The first-order chi connectivity index (χ1) is 10.2. The van der Waals surface area contributed by atoms with E-state index in [1.807, 2.05) is 6.20 Å². The summed E-state index contributed by atoms with van der Waals surface area (Å²) in [5.74, 6) is 0. The van der Waals surface area contributed by atoms with Crippen LogP contribution in [0.5, 0.6) is 0 Å². The number of H-pyrrole nitrogens is 1. The van der Waals surface area contributed by atoms with Gasteiger partial charge in [0.05, 0.1) is 18.6 Å². The van der Waals surface area contributed by atoms with Crippen LogP contribution < -0.4 is 0 Å². The maximum Gasteiger partial charge on any atom is 0.0922 e. The lowest BCUT2D eigenvalue weighted by Gasteiger charge is -2.21. The minimum absolute atomic E-state index is 0.716. The van der Waals surface area contributed by atoms with Gasteiger partial charge in [0, 0.05) is 56.4 Å². The molecule has 1 N–H and O–H groups in total. The number of ether oxygens (including phenoxy) is 1. The largest absolute Gasteiger partial charge is 0.383 e. The Kier molecular flexibility index (Phi) is 5.52. The molecule has 2 heterocycles. The van der Waals surface area contributed by atoms with Crippen LogP contribution in [0.4, 0.5) is 0 Å². The quantitative estimate of drug-likeness (QED) is 0.807. The summed E-state index contributed by atoms with van der Waals surface area (Å²) >= 11 is 0. The van der Waals surface area contributed by atoms with E-state index in [-0.39, 0.29) is 0 Å². The number of methoxy groups -OCH3 is 1. The molecule has 0 aromatic carbocycles. The molecule has 0 spiro atoms. The van der Waals surface area contributed by atoms with Gasteiger partial charge in [-0.15, -0.1) is 0 Å². The van der Waals surface area contributed by atoms with Crippen LogP contribution in [0.25, 0.3) is 0 Å². The van der Waals surface area contributed by atoms with Crippen LogP contribution in [0.1, 0.15) is 29.6 Å². The summed E-state index contributed by atoms with van der Waals surface area (Å²) in [4.78, 5) is 9.60. The molecule has 0 aliphatic rings. The fraction of sp³-hybridized carbons (Fsp3) is 0.600. The van der Waals surface area contributed by atoms with Crippen molar-refractivity contribution in [3.05, 3.63) is 35.2 Å². The van der Waals surface area contributed by atoms with Crippen LogP contribution >= 0.6 is 0 Å². The number of aromatic nitrogens is 4. The van der Waals surface area contributed by atoms with Gasteiger partial charge >= 0.3 is 0 Å². The molecule has 2 aromatic rings. The molecule has 6 nitrogen and oxygen atoms in total. The molecular weight excluding hydrogens is 266 g/mol. The third-order valence-electron chi connectivity index (χ3n) is 3.77. The molecule has 0 aliphatic carbocycles. The normalized spacial score (nSPS) is 11.5. The molecule has 0 aliphatic heterocycles. The van der Waals surface area contributed by atoms with E-state index in [1.165, 1.54) is 11.3 Å². The lowest BCUT2D eigenvalue weighted by molar-refractivity contribution is 0.139. The predicted octanol–water partition coefficient (Wildman–Crippen LogP) is 1.89.